The molecular formula is C16H21NO4. The predicted molar refractivity (Wildman–Crippen MR) is 78.1 cm³/mol. The first kappa shape index (κ1) is 15.5. The maximum absolute atomic E-state index is 12.5. The van der Waals surface area contributed by atoms with Crippen molar-refractivity contribution >= 4 is 11.9 Å². The van der Waals surface area contributed by atoms with Crippen molar-refractivity contribution < 1.29 is 19.4 Å². The van der Waals surface area contributed by atoms with E-state index in [1.54, 1.807) is 12.0 Å². The van der Waals surface area contributed by atoms with Crippen LogP contribution in [0.1, 0.15) is 24.0 Å². The van der Waals surface area contributed by atoms with Gasteiger partial charge < -0.3 is 14.7 Å². The predicted octanol–water partition coefficient (Wildman–Crippen LogP) is 1.63. The zero-order valence-corrected chi connectivity index (χ0v) is 12.4. The van der Waals surface area contributed by atoms with Gasteiger partial charge in [-0.1, -0.05) is 24.3 Å². The number of hydrogen-bond acceptors (Lipinski definition) is 3. The monoisotopic (exact) mass is 291 g/mol. The van der Waals surface area contributed by atoms with Crippen LogP contribution in [0.25, 0.3) is 0 Å². The van der Waals surface area contributed by atoms with Crippen LogP contribution in [0.4, 0.5) is 0 Å². The molecule has 0 bridgehead atoms. The molecule has 1 aliphatic heterocycles. The van der Waals surface area contributed by atoms with E-state index in [9.17, 15) is 9.59 Å². The molecule has 0 spiro atoms. The number of carboxylic acid groups (broad SMARTS) is 1. The maximum Gasteiger partial charge on any atom is 0.305 e. The second kappa shape index (κ2) is 6.72. The summed E-state index contributed by atoms with van der Waals surface area (Å²) in [5.74, 6) is -0.916. The number of aliphatic carboxylic acids is 1. The van der Waals surface area contributed by atoms with E-state index in [-0.39, 0.29) is 24.5 Å². The highest BCUT2D eigenvalue weighted by Crippen LogP contribution is 2.24. The second-order valence-electron chi connectivity index (χ2n) is 5.49. The van der Waals surface area contributed by atoms with Crippen molar-refractivity contribution in [3.63, 3.8) is 0 Å². The number of nitrogens with zero attached hydrogens (tertiary/aromatic N) is 1. The summed E-state index contributed by atoms with van der Waals surface area (Å²) in [4.78, 5) is 25.1. The number of carbonyl (C=O) groups excluding carboxylic acids is 1. The highest BCUT2D eigenvalue weighted by Gasteiger charge is 2.36. The fourth-order valence-corrected chi connectivity index (χ4v) is 2.82. The van der Waals surface area contributed by atoms with Gasteiger partial charge in [-0.25, -0.2) is 0 Å². The molecule has 2 rings (SSSR count). The lowest BCUT2D eigenvalue weighted by Crippen LogP contribution is -2.38. The van der Waals surface area contributed by atoms with Gasteiger partial charge in [0.05, 0.1) is 18.9 Å². The van der Waals surface area contributed by atoms with E-state index in [4.69, 9.17) is 9.84 Å². The Bertz CT molecular complexity index is 529. The molecule has 0 radical (unpaired) electrons. The summed E-state index contributed by atoms with van der Waals surface area (Å²) in [6, 6.07) is 7.48. The van der Waals surface area contributed by atoms with Crippen LogP contribution in [0.5, 0.6) is 0 Å². The van der Waals surface area contributed by atoms with Crippen LogP contribution in [0.3, 0.4) is 0 Å². The zero-order chi connectivity index (χ0) is 15.4. The zero-order valence-electron chi connectivity index (χ0n) is 12.4. The lowest BCUT2D eigenvalue weighted by molar-refractivity contribution is -0.139. The van der Waals surface area contributed by atoms with E-state index in [2.05, 4.69) is 0 Å². The van der Waals surface area contributed by atoms with Crippen LogP contribution < -0.4 is 0 Å². The van der Waals surface area contributed by atoms with Gasteiger partial charge in [0, 0.05) is 19.7 Å². The van der Waals surface area contributed by atoms with Gasteiger partial charge in [0.1, 0.15) is 0 Å². The molecule has 1 aromatic carbocycles. The topological polar surface area (TPSA) is 66.8 Å². The Morgan fingerprint density at radius 2 is 2.10 bits per heavy atom. The van der Waals surface area contributed by atoms with Crippen LogP contribution in [0.15, 0.2) is 24.3 Å². The van der Waals surface area contributed by atoms with Crippen LogP contribution in [0.2, 0.25) is 0 Å². The van der Waals surface area contributed by atoms with Gasteiger partial charge in [0.2, 0.25) is 5.91 Å². The van der Waals surface area contributed by atoms with Crippen molar-refractivity contribution in [2.45, 2.75) is 38.3 Å². The third-order valence-electron chi connectivity index (χ3n) is 4.04. The summed E-state index contributed by atoms with van der Waals surface area (Å²) in [7, 11) is 1.60. The van der Waals surface area contributed by atoms with Gasteiger partial charge in [-0.15, -0.1) is 0 Å². The minimum Gasteiger partial charge on any atom is -0.481 e. The first-order chi connectivity index (χ1) is 10.0. The standard InChI is InChI=1S/C16H21NO4/c1-11-5-3-4-6-12(11)7-15(18)17-10-14(21-2)8-13(17)9-16(19)20/h3-6,13-14H,7-10H2,1-2H3,(H,19,20). The average Bonchev–Trinajstić information content (AvgIpc) is 2.83. The molecule has 5 heteroatoms. The van der Waals surface area contributed by atoms with Crippen LogP contribution >= 0.6 is 0 Å². The number of benzene rings is 1. The van der Waals surface area contributed by atoms with Crippen molar-refractivity contribution in [3.8, 4) is 0 Å². The summed E-state index contributed by atoms with van der Waals surface area (Å²) in [5, 5.41) is 8.99. The van der Waals surface area contributed by atoms with E-state index >= 15 is 0 Å². The van der Waals surface area contributed by atoms with Crippen LogP contribution in [-0.4, -0.2) is 47.7 Å². The lowest BCUT2D eigenvalue weighted by atomic mass is 10.0. The molecule has 0 aromatic heterocycles. The molecule has 0 aliphatic carbocycles. The Morgan fingerprint density at radius 1 is 1.38 bits per heavy atom. The first-order valence-corrected chi connectivity index (χ1v) is 7.09. The van der Waals surface area contributed by atoms with E-state index < -0.39 is 5.97 Å². The third-order valence-corrected chi connectivity index (χ3v) is 4.04. The Balaban J connectivity index is 2.08. The largest absolute Gasteiger partial charge is 0.481 e. The van der Waals surface area contributed by atoms with Crippen molar-refractivity contribution in [2.75, 3.05) is 13.7 Å². The smallest absolute Gasteiger partial charge is 0.305 e. The van der Waals surface area contributed by atoms with Gasteiger partial charge in [-0.3, -0.25) is 9.59 Å². The summed E-state index contributed by atoms with van der Waals surface area (Å²) < 4.78 is 5.29. The number of aryl methyl sites for hydroxylation is 1. The van der Waals surface area contributed by atoms with E-state index in [0.717, 1.165) is 11.1 Å². The molecule has 0 saturated carbocycles. The van der Waals surface area contributed by atoms with Crippen molar-refractivity contribution in [1.29, 1.82) is 0 Å². The van der Waals surface area contributed by atoms with Crippen molar-refractivity contribution in [2.24, 2.45) is 0 Å². The second-order valence-corrected chi connectivity index (χ2v) is 5.49. The molecule has 2 unspecified atom stereocenters. The maximum atomic E-state index is 12.5. The Morgan fingerprint density at radius 3 is 2.71 bits per heavy atom. The molecule has 1 aliphatic rings. The van der Waals surface area contributed by atoms with Crippen molar-refractivity contribution in [1.82, 2.24) is 4.90 Å². The van der Waals surface area contributed by atoms with Gasteiger partial charge in [-0.2, -0.15) is 0 Å². The summed E-state index contributed by atoms with van der Waals surface area (Å²) >= 11 is 0. The summed E-state index contributed by atoms with van der Waals surface area (Å²) in [6.07, 6.45) is 0.788. The number of hydrogen-bond donors (Lipinski definition) is 1. The molecule has 21 heavy (non-hydrogen) atoms. The fraction of sp³-hybridized carbons (Fsp3) is 0.500. The summed E-state index contributed by atoms with van der Waals surface area (Å²) in [6.45, 7) is 2.44. The lowest BCUT2D eigenvalue weighted by Gasteiger charge is -2.23. The molecular weight excluding hydrogens is 270 g/mol. The van der Waals surface area contributed by atoms with Crippen molar-refractivity contribution in [3.05, 3.63) is 35.4 Å². The molecule has 1 amide bonds. The Kier molecular flexibility index (Phi) is 4.96. The van der Waals surface area contributed by atoms with Gasteiger partial charge >= 0.3 is 5.97 Å². The van der Waals surface area contributed by atoms with Gasteiger partial charge in [0.15, 0.2) is 0 Å². The molecule has 114 valence electrons. The molecule has 1 fully saturated rings. The minimum absolute atomic E-state index is 0.0284. The molecule has 1 N–H and O–H groups in total. The highest BCUT2D eigenvalue weighted by atomic mass is 16.5. The number of methoxy groups -OCH3 is 1. The molecule has 1 saturated heterocycles. The quantitative estimate of drug-likeness (QED) is 0.895. The van der Waals surface area contributed by atoms with Gasteiger partial charge in [-0.05, 0) is 24.5 Å². The van der Waals surface area contributed by atoms with Crippen LogP contribution in [-0.2, 0) is 20.7 Å². The summed E-state index contributed by atoms with van der Waals surface area (Å²) in [5.41, 5.74) is 2.06. The number of amides is 1. The minimum atomic E-state index is -0.884. The Labute approximate surface area is 124 Å². The SMILES string of the molecule is COC1CC(CC(=O)O)N(C(=O)Cc2ccccc2C)C1. The normalized spacial score (nSPS) is 21.5. The molecule has 5 nitrogen and oxygen atoms in total. The van der Waals surface area contributed by atoms with Gasteiger partial charge in [0.25, 0.3) is 0 Å². The van der Waals surface area contributed by atoms with E-state index in [1.807, 2.05) is 31.2 Å². The molecule has 2 atom stereocenters. The molecule has 1 heterocycles. The number of rotatable bonds is 5. The number of carboxylic acids is 1. The molecule has 1 aromatic rings. The van der Waals surface area contributed by atoms with E-state index in [0.29, 0.717) is 19.4 Å². The first-order valence-electron chi connectivity index (χ1n) is 7.09. The average molecular weight is 291 g/mol. The van der Waals surface area contributed by atoms with E-state index in [1.165, 1.54) is 0 Å². The highest BCUT2D eigenvalue weighted by molar-refractivity contribution is 5.80. The number of carbonyl (C=O) groups is 2. The number of ether oxygens (including phenoxy) is 1. The fourth-order valence-electron chi connectivity index (χ4n) is 2.82. The Hall–Kier alpha value is -1.88. The number of likely N-dealkylation sites (tertiary alicyclic amines) is 1. The van der Waals surface area contributed by atoms with Crippen LogP contribution in [0, 0.1) is 6.92 Å². The third kappa shape index (κ3) is 3.82.